The lowest BCUT2D eigenvalue weighted by Crippen LogP contribution is -2.66. The molecule has 3 aliphatic rings. The molecular formula is C90H165NO18. The molecule has 0 aromatic carbocycles. The highest BCUT2D eigenvalue weighted by Gasteiger charge is 2.54. The molecule has 12 N–H and O–H groups in total. The van der Waals surface area contributed by atoms with E-state index in [4.69, 9.17) is 28.4 Å². The molecular weight excluding hydrogens is 1380 g/mol. The van der Waals surface area contributed by atoms with E-state index in [9.17, 15) is 61.0 Å². The van der Waals surface area contributed by atoms with Crippen molar-refractivity contribution < 1.29 is 89.4 Å². The van der Waals surface area contributed by atoms with Gasteiger partial charge >= 0.3 is 0 Å². The minimum atomic E-state index is -1.97. The maximum absolute atomic E-state index is 13.5. The quantitative estimate of drug-likeness (QED) is 0.0199. The summed E-state index contributed by atoms with van der Waals surface area (Å²) in [5.74, 6) is -0.236. The molecule has 17 unspecified atom stereocenters. The molecule has 3 fully saturated rings. The first-order chi connectivity index (χ1) is 53.3. The molecule has 3 rings (SSSR count). The molecule has 3 saturated heterocycles. The zero-order valence-electron chi connectivity index (χ0n) is 68.8. The molecule has 109 heavy (non-hydrogen) atoms. The fraction of sp³-hybridized carbons (Fsp3) is 0.878. The second-order valence-corrected chi connectivity index (χ2v) is 32.0. The van der Waals surface area contributed by atoms with Crippen LogP contribution in [0.3, 0.4) is 0 Å². The first kappa shape index (κ1) is 101. The van der Waals surface area contributed by atoms with Crippen molar-refractivity contribution in [2.24, 2.45) is 0 Å². The maximum Gasteiger partial charge on any atom is 0.220 e. The van der Waals surface area contributed by atoms with E-state index in [1.165, 1.54) is 263 Å². The van der Waals surface area contributed by atoms with Crippen LogP contribution in [0.1, 0.15) is 373 Å². The summed E-state index contributed by atoms with van der Waals surface area (Å²) in [4.78, 5) is 13.5. The topological polar surface area (TPSA) is 307 Å². The number of aliphatic hydroxyl groups excluding tert-OH is 11. The smallest absolute Gasteiger partial charge is 0.220 e. The number of aliphatic hydroxyl groups is 11. The second kappa shape index (κ2) is 69.8. The van der Waals surface area contributed by atoms with Crippen molar-refractivity contribution in [2.75, 3.05) is 26.4 Å². The van der Waals surface area contributed by atoms with Crippen LogP contribution in [-0.2, 0) is 33.2 Å². The molecule has 0 bridgehead atoms. The predicted octanol–water partition coefficient (Wildman–Crippen LogP) is 17.0. The van der Waals surface area contributed by atoms with Gasteiger partial charge < -0.3 is 89.9 Å². The fourth-order valence-corrected chi connectivity index (χ4v) is 15.2. The van der Waals surface area contributed by atoms with Crippen molar-refractivity contribution in [1.82, 2.24) is 5.32 Å². The Hall–Kier alpha value is -2.51. The number of allylic oxidation sites excluding steroid dienone is 10. The van der Waals surface area contributed by atoms with Crippen LogP contribution in [0.25, 0.3) is 0 Å². The van der Waals surface area contributed by atoms with Crippen molar-refractivity contribution in [1.29, 1.82) is 0 Å². The summed E-state index contributed by atoms with van der Waals surface area (Å²) in [6, 6.07) is -0.889. The SMILES string of the molecule is CC/C=C\C/C=C\C/C=C\C/C=C\C/C=C\CCCCCCCCCCCCCCCCCCCCCCCC(=O)NC(COC1OC(CO)C(OC2OC(CO)C(OC3OC(CO)C(O)C(O)C3O)C(O)C2O)C(O)C1O)C(O)CCCCCCCCCCCCCCCCCCCCCCCCCCCCC. The van der Waals surface area contributed by atoms with Gasteiger partial charge in [-0.2, -0.15) is 0 Å². The van der Waals surface area contributed by atoms with Crippen molar-refractivity contribution in [2.45, 2.75) is 478 Å². The summed E-state index contributed by atoms with van der Waals surface area (Å²) in [6.07, 6.45) is 64.7. The highest BCUT2D eigenvalue weighted by atomic mass is 16.8. The average Bonchev–Trinajstić information content (AvgIpc) is 0.760. The van der Waals surface area contributed by atoms with Gasteiger partial charge in [0.2, 0.25) is 5.91 Å². The molecule has 3 aliphatic heterocycles. The molecule has 3 heterocycles. The van der Waals surface area contributed by atoms with Crippen LogP contribution in [0.5, 0.6) is 0 Å². The van der Waals surface area contributed by atoms with Crippen LogP contribution in [0, 0.1) is 0 Å². The molecule has 17 atom stereocenters. The van der Waals surface area contributed by atoms with E-state index in [-0.39, 0.29) is 18.9 Å². The molecule has 0 saturated carbocycles. The maximum atomic E-state index is 13.5. The van der Waals surface area contributed by atoms with E-state index in [2.05, 4.69) is 79.9 Å². The Bertz CT molecular complexity index is 2200. The molecule has 0 spiro atoms. The van der Waals surface area contributed by atoms with Crippen LogP contribution < -0.4 is 5.32 Å². The van der Waals surface area contributed by atoms with Crippen LogP contribution in [0.15, 0.2) is 60.8 Å². The third-order valence-electron chi connectivity index (χ3n) is 22.4. The Morgan fingerprint density at radius 3 is 0.991 bits per heavy atom. The van der Waals surface area contributed by atoms with Crippen molar-refractivity contribution in [3.05, 3.63) is 60.8 Å². The van der Waals surface area contributed by atoms with Gasteiger partial charge in [0.25, 0.3) is 0 Å². The first-order valence-electron chi connectivity index (χ1n) is 45.0. The van der Waals surface area contributed by atoms with E-state index < -0.39 is 124 Å². The van der Waals surface area contributed by atoms with E-state index in [0.717, 1.165) is 77.0 Å². The molecule has 0 aromatic heterocycles. The molecule has 0 aliphatic carbocycles. The zero-order chi connectivity index (χ0) is 78.8. The van der Waals surface area contributed by atoms with Gasteiger partial charge in [-0.25, -0.2) is 0 Å². The van der Waals surface area contributed by atoms with Crippen molar-refractivity contribution in [3.63, 3.8) is 0 Å². The molecule has 19 heteroatoms. The molecule has 19 nitrogen and oxygen atoms in total. The summed E-state index contributed by atoms with van der Waals surface area (Å²) >= 11 is 0. The monoisotopic (exact) mass is 1550 g/mol. The third kappa shape index (κ3) is 48.6. The number of ether oxygens (including phenoxy) is 6. The van der Waals surface area contributed by atoms with Gasteiger partial charge in [-0.05, 0) is 57.8 Å². The van der Waals surface area contributed by atoms with Gasteiger partial charge in [-0.15, -0.1) is 0 Å². The van der Waals surface area contributed by atoms with Crippen LogP contribution in [0.2, 0.25) is 0 Å². The van der Waals surface area contributed by atoms with E-state index in [1.807, 2.05) is 0 Å². The molecule has 1 amide bonds. The number of hydrogen-bond donors (Lipinski definition) is 12. The molecule has 0 radical (unpaired) electrons. The number of hydrogen-bond acceptors (Lipinski definition) is 18. The number of amides is 1. The first-order valence-corrected chi connectivity index (χ1v) is 45.0. The van der Waals surface area contributed by atoms with Gasteiger partial charge in [-0.1, -0.05) is 370 Å². The summed E-state index contributed by atoms with van der Waals surface area (Å²) in [5, 5.41) is 121. The van der Waals surface area contributed by atoms with Crippen LogP contribution in [-0.4, -0.2) is 193 Å². The van der Waals surface area contributed by atoms with Gasteiger partial charge in [0.1, 0.15) is 73.2 Å². The minimum Gasteiger partial charge on any atom is -0.394 e. The lowest BCUT2D eigenvalue weighted by molar-refractivity contribution is -0.379. The summed E-state index contributed by atoms with van der Waals surface area (Å²) in [7, 11) is 0. The van der Waals surface area contributed by atoms with Crippen molar-refractivity contribution >= 4 is 5.91 Å². The normalized spacial score (nSPS) is 25.5. The van der Waals surface area contributed by atoms with Gasteiger partial charge in [0, 0.05) is 6.42 Å². The summed E-state index contributed by atoms with van der Waals surface area (Å²) < 4.78 is 34.6. The van der Waals surface area contributed by atoms with Crippen molar-refractivity contribution in [3.8, 4) is 0 Å². The Morgan fingerprint density at radius 1 is 0.339 bits per heavy atom. The minimum absolute atomic E-state index is 0.236. The lowest BCUT2D eigenvalue weighted by atomic mass is 9.96. The fourth-order valence-electron chi connectivity index (χ4n) is 15.2. The molecule has 0 aromatic rings. The van der Waals surface area contributed by atoms with E-state index in [0.29, 0.717) is 12.8 Å². The van der Waals surface area contributed by atoms with Gasteiger partial charge in [0.05, 0.1) is 38.6 Å². The Morgan fingerprint density at radius 2 is 0.633 bits per heavy atom. The highest BCUT2D eigenvalue weighted by Crippen LogP contribution is 2.34. The van der Waals surface area contributed by atoms with E-state index >= 15 is 0 Å². The highest BCUT2D eigenvalue weighted by molar-refractivity contribution is 5.76. The number of rotatable bonds is 73. The predicted molar refractivity (Wildman–Crippen MR) is 439 cm³/mol. The zero-order valence-corrected chi connectivity index (χ0v) is 68.8. The van der Waals surface area contributed by atoms with Gasteiger partial charge in [0.15, 0.2) is 18.9 Å². The third-order valence-corrected chi connectivity index (χ3v) is 22.4. The largest absolute Gasteiger partial charge is 0.394 e. The van der Waals surface area contributed by atoms with Crippen LogP contribution >= 0.6 is 0 Å². The Kier molecular flexibility index (Phi) is 64.4. The number of carbonyl (C=O) groups is 1. The van der Waals surface area contributed by atoms with Crippen LogP contribution in [0.4, 0.5) is 0 Å². The Labute approximate surface area is 662 Å². The van der Waals surface area contributed by atoms with Gasteiger partial charge in [-0.3, -0.25) is 4.79 Å². The lowest BCUT2D eigenvalue weighted by Gasteiger charge is -2.48. The number of nitrogens with one attached hydrogen (secondary N) is 1. The number of carbonyl (C=O) groups excluding carboxylic acids is 1. The standard InChI is InChI=1S/C90H165NO18/c1-3-5-7-9-11-13-15-17-19-21-23-25-27-29-31-32-33-34-35-36-37-38-39-40-42-44-46-48-50-52-54-56-58-60-62-64-66-68-78(96)91-73(74(95)67-65-63-61-59-57-55-53-51-49-47-45-43-41-30-28-26-24-22-20-18-16-14-12-10-8-6-4-2)72-104-88-84(102)81(99)86(76(70-93)106-88)109-90-85(103)82(100)87(77(71-94)107-90)108-89-83(101)80(98)79(97)75(69-92)105-89/h5,7,11,13,17,19,23,25,29,31,73-77,79-90,92-95,97-103H,3-4,6,8-10,12,14-16,18,20-22,24,26-28,30,32-72H2,1-2H3,(H,91,96)/b7-5-,13-11-,19-17-,25-23-,31-29-. The van der Waals surface area contributed by atoms with E-state index in [1.54, 1.807) is 0 Å². The summed E-state index contributed by atoms with van der Waals surface area (Å²) in [6.45, 7) is 1.75. The number of unbranched alkanes of at least 4 members (excludes halogenated alkanes) is 47. The Balaban J connectivity index is 1.31. The second-order valence-electron chi connectivity index (χ2n) is 32.0. The summed E-state index contributed by atoms with van der Waals surface area (Å²) in [5.41, 5.74) is 0. The average molecular weight is 1550 g/mol. The molecule has 638 valence electrons.